The van der Waals surface area contributed by atoms with E-state index in [2.05, 4.69) is 11.9 Å². The highest BCUT2D eigenvalue weighted by Crippen LogP contribution is 2.44. The standard InChI is InChI=1S/C23H32FNO6/c1-5-11-28-18-13-23(21(26)25-10-12-27-4,14-19-20(18)31-22(2,3)30-19)29-15-16-6-8-17(24)9-7-16/h5-9,18-20H,1,10-15H2,2-4H3,(H,25,26)/t18?,19-,20+,23-/m1/s1. The van der Waals surface area contributed by atoms with Crippen molar-refractivity contribution in [1.29, 1.82) is 0 Å². The molecule has 172 valence electrons. The molecule has 31 heavy (non-hydrogen) atoms. The van der Waals surface area contributed by atoms with Crippen molar-refractivity contribution in [3.63, 3.8) is 0 Å². The second-order valence-corrected chi connectivity index (χ2v) is 8.37. The summed E-state index contributed by atoms with van der Waals surface area (Å²) < 4.78 is 42.7. The van der Waals surface area contributed by atoms with Crippen LogP contribution in [0.25, 0.3) is 0 Å². The van der Waals surface area contributed by atoms with Crippen LogP contribution in [0.1, 0.15) is 32.3 Å². The van der Waals surface area contributed by atoms with Crippen molar-refractivity contribution >= 4 is 5.91 Å². The normalized spacial score (nSPS) is 29.4. The predicted octanol–water partition coefficient (Wildman–Crippen LogP) is 2.73. The molecule has 1 aliphatic carbocycles. The second kappa shape index (κ2) is 10.2. The highest BCUT2D eigenvalue weighted by atomic mass is 19.1. The zero-order valence-electron chi connectivity index (χ0n) is 18.4. The minimum absolute atomic E-state index is 0.147. The molecular weight excluding hydrogens is 405 g/mol. The molecule has 8 heteroatoms. The van der Waals surface area contributed by atoms with Crippen LogP contribution in [0.2, 0.25) is 0 Å². The summed E-state index contributed by atoms with van der Waals surface area (Å²) in [7, 11) is 1.57. The number of hydrogen-bond donors (Lipinski definition) is 1. The van der Waals surface area contributed by atoms with Gasteiger partial charge in [-0.25, -0.2) is 4.39 Å². The van der Waals surface area contributed by atoms with E-state index >= 15 is 0 Å². The lowest BCUT2D eigenvalue weighted by Crippen LogP contribution is -2.60. The van der Waals surface area contributed by atoms with Crippen LogP contribution in [0.3, 0.4) is 0 Å². The summed E-state index contributed by atoms with van der Waals surface area (Å²) in [5.41, 5.74) is -0.432. The topological polar surface area (TPSA) is 75.3 Å². The largest absolute Gasteiger partial charge is 0.383 e. The van der Waals surface area contributed by atoms with Gasteiger partial charge in [0.15, 0.2) is 11.4 Å². The van der Waals surface area contributed by atoms with E-state index in [-0.39, 0.29) is 30.5 Å². The van der Waals surface area contributed by atoms with Crippen LogP contribution in [-0.2, 0) is 35.1 Å². The van der Waals surface area contributed by atoms with Gasteiger partial charge in [-0.1, -0.05) is 18.2 Å². The number of fused-ring (bicyclic) bond motifs is 1. The minimum Gasteiger partial charge on any atom is -0.383 e. The highest BCUT2D eigenvalue weighted by molar-refractivity contribution is 5.85. The third-order valence-electron chi connectivity index (χ3n) is 5.51. The Morgan fingerprint density at radius 3 is 2.71 bits per heavy atom. The molecule has 1 saturated carbocycles. The maximum Gasteiger partial charge on any atom is 0.252 e. The third-order valence-corrected chi connectivity index (χ3v) is 5.51. The van der Waals surface area contributed by atoms with Crippen molar-refractivity contribution in [2.75, 3.05) is 26.9 Å². The molecule has 1 aliphatic heterocycles. The van der Waals surface area contributed by atoms with E-state index in [1.54, 1.807) is 25.3 Å². The number of carbonyl (C=O) groups excluding carboxylic acids is 1. The van der Waals surface area contributed by atoms with E-state index < -0.39 is 17.5 Å². The van der Waals surface area contributed by atoms with E-state index in [9.17, 15) is 9.18 Å². The summed E-state index contributed by atoms with van der Waals surface area (Å²) >= 11 is 0. The first-order valence-electron chi connectivity index (χ1n) is 10.5. The third kappa shape index (κ3) is 5.90. The van der Waals surface area contributed by atoms with Gasteiger partial charge in [0, 0.05) is 26.5 Å². The van der Waals surface area contributed by atoms with Crippen molar-refractivity contribution in [3.05, 3.63) is 48.3 Å². The number of methoxy groups -OCH3 is 1. The fraction of sp³-hybridized carbons (Fsp3) is 0.609. The van der Waals surface area contributed by atoms with Crippen LogP contribution < -0.4 is 5.32 Å². The lowest BCUT2D eigenvalue weighted by Gasteiger charge is -2.43. The molecule has 1 heterocycles. The van der Waals surface area contributed by atoms with Crippen LogP contribution in [0.15, 0.2) is 36.9 Å². The lowest BCUT2D eigenvalue weighted by molar-refractivity contribution is -0.180. The predicted molar refractivity (Wildman–Crippen MR) is 112 cm³/mol. The summed E-state index contributed by atoms with van der Waals surface area (Å²) in [4.78, 5) is 13.3. The molecule has 7 nitrogen and oxygen atoms in total. The number of carbonyl (C=O) groups is 1. The Bertz CT molecular complexity index is 755. The molecule has 1 aromatic carbocycles. The molecule has 0 bridgehead atoms. The Labute approximate surface area is 182 Å². The van der Waals surface area contributed by atoms with Gasteiger partial charge in [-0.2, -0.15) is 0 Å². The van der Waals surface area contributed by atoms with Crippen LogP contribution in [0.4, 0.5) is 4.39 Å². The van der Waals surface area contributed by atoms with E-state index in [0.29, 0.717) is 32.6 Å². The Morgan fingerprint density at radius 1 is 1.29 bits per heavy atom. The summed E-state index contributed by atoms with van der Waals surface area (Å²) in [6, 6.07) is 6.02. The van der Waals surface area contributed by atoms with Crippen molar-refractivity contribution < 1.29 is 32.9 Å². The molecular formula is C23H32FNO6. The quantitative estimate of drug-likeness (QED) is 0.448. The Hall–Kier alpha value is -1.84. The SMILES string of the molecule is C=CCOC1C[C@](OCc2ccc(F)cc2)(C(=O)NCCOC)C[C@H]2OC(C)(C)O[C@@H]12. The first-order valence-corrected chi connectivity index (χ1v) is 10.5. The summed E-state index contributed by atoms with van der Waals surface area (Å²) in [5.74, 6) is -1.37. The molecule has 1 N–H and O–H groups in total. The fourth-order valence-electron chi connectivity index (χ4n) is 4.13. The van der Waals surface area contributed by atoms with Gasteiger partial charge >= 0.3 is 0 Å². The molecule has 1 unspecified atom stereocenters. The smallest absolute Gasteiger partial charge is 0.252 e. The Balaban J connectivity index is 1.84. The number of rotatable bonds is 10. The molecule has 1 aromatic rings. The number of nitrogens with one attached hydrogen (secondary N) is 1. The summed E-state index contributed by atoms with van der Waals surface area (Å²) in [6.45, 7) is 8.60. The molecule has 0 aromatic heterocycles. The van der Waals surface area contributed by atoms with Gasteiger partial charge in [0.25, 0.3) is 5.91 Å². The van der Waals surface area contributed by atoms with Gasteiger partial charge in [0.05, 0.1) is 32.0 Å². The molecule has 2 aliphatic rings. The average molecular weight is 438 g/mol. The van der Waals surface area contributed by atoms with Gasteiger partial charge in [0.2, 0.25) is 0 Å². The number of halogens is 1. The molecule has 0 radical (unpaired) electrons. The van der Waals surface area contributed by atoms with Gasteiger partial charge in [-0.15, -0.1) is 6.58 Å². The number of benzene rings is 1. The van der Waals surface area contributed by atoms with Crippen LogP contribution in [-0.4, -0.2) is 62.5 Å². The number of amides is 1. The lowest BCUT2D eigenvalue weighted by atomic mass is 9.78. The minimum atomic E-state index is -1.20. The van der Waals surface area contributed by atoms with Gasteiger partial charge in [-0.05, 0) is 31.5 Å². The monoisotopic (exact) mass is 437 g/mol. The van der Waals surface area contributed by atoms with Crippen LogP contribution in [0.5, 0.6) is 0 Å². The van der Waals surface area contributed by atoms with E-state index in [4.69, 9.17) is 23.7 Å². The van der Waals surface area contributed by atoms with Crippen molar-refractivity contribution in [2.24, 2.45) is 0 Å². The van der Waals surface area contributed by atoms with Crippen molar-refractivity contribution in [2.45, 2.75) is 63.0 Å². The zero-order chi connectivity index (χ0) is 22.5. The van der Waals surface area contributed by atoms with Gasteiger partial charge < -0.3 is 29.0 Å². The first-order chi connectivity index (χ1) is 14.8. The molecule has 2 fully saturated rings. The number of ether oxygens (including phenoxy) is 5. The maximum atomic E-state index is 13.3. The van der Waals surface area contributed by atoms with Crippen LogP contribution >= 0.6 is 0 Å². The molecule has 0 spiro atoms. The summed E-state index contributed by atoms with van der Waals surface area (Å²) in [6.07, 6.45) is 1.16. The molecule has 1 amide bonds. The number of hydrogen-bond acceptors (Lipinski definition) is 6. The fourth-order valence-corrected chi connectivity index (χ4v) is 4.13. The van der Waals surface area contributed by atoms with E-state index in [1.807, 2.05) is 13.8 Å². The van der Waals surface area contributed by atoms with Crippen LogP contribution in [0, 0.1) is 5.82 Å². The zero-order valence-corrected chi connectivity index (χ0v) is 18.4. The molecule has 3 rings (SSSR count). The maximum absolute atomic E-state index is 13.3. The van der Waals surface area contributed by atoms with Crippen molar-refractivity contribution in [1.82, 2.24) is 5.32 Å². The van der Waals surface area contributed by atoms with Gasteiger partial charge in [-0.3, -0.25) is 4.79 Å². The summed E-state index contributed by atoms with van der Waals surface area (Å²) in [5, 5.41) is 2.90. The molecule has 4 atom stereocenters. The van der Waals surface area contributed by atoms with Gasteiger partial charge in [0.1, 0.15) is 11.9 Å². The Morgan fingerprint density at radius 2 is 2.03 bits per heavy atom. The van der Waals surface area contributed by atoms with E-state index in [0.717, 1.165) is 5.56 Å². The first kappa shape index (κ1) is 23.8. The second-order valence-electron chi connectivity index (χ2n) is 8.37. The van der Waals surface area contributed by atoms with Crippen molar-refractivity contribution in [3.8, 4) is 0 Å². The Kier molecular flexibility index (Phi) is 7.82. The highest BCUT2D eigenvalue weighted by Gasteiger charge is 2.57. The molecule has 1 saturated heterocycles. The van der Waals surface area contributed by atoms with E-state index in [1.165, 1.54) is 12.1 Å². The average Bonchev–Trinajstić information content (AvgIpc) is 3.05.